The van der Waals surface area contributed by atoms with Gasteiger partial charge in [-0.2, -0.15) is 0 Å². The van der Waals surface area contributed by atoms with E-state index in [0.717, 1.165) is 58.8 Å². The van der Waals surface area contributed by atoms with Crippen LogP contribution in [-0.2, 0) is 9.59 Å². The largest absolute Gasteiger partial charge is 0.497 e. The second-order valence-corrected chi connectivity index (χ2v) is 10.4. The van der Waals surface area contributed by atoms with Crippen molar-refractivity contribution in [3.05, 3.63) is 101 Å². The third-order valence-corrected chi connectivity index (χ3v) is 7.70. The Morgan fingerprint density at radius 1 is 0.974 bits per heavy atom. The van der Waals surface area contributed by atoms with Crippen LogP contribution >= 0.6 is 0 Å². The van der Waals surface area contributed by atoms with Crippen LogP contribution in [0.5, 0.6) is 5.75 Å². The van der Waals surface area contributed by atoms with Crippen LogP contribution in [-0.4, -0.2) is 18.8 Å². The van der Waals surface area contributed by atoms with Gasteiger partial charge < -0.3 is 10.1 Å². The number of allylic oxidation sites excluding steroid dienone is 1. The highest BCUT2D eigenvalue weighted by molar-refractivity contribution is 6.06. The number of fused-ring (bicyclic) bond motifs is 1. The van der Waals surface area contributed by atoms with Gasteiger partial charge in [-0.3, -0.25) is 14.5 Å². The molecular weight excluding hydrogens is 472 g/mol. The van der Waals surface area contributed by atoms with Gasteiger partial charge in [0.15, 0.2) is 5.78 Å². The number of anilines is 2. The first-order valence-corrected chi connectivity index (χ1v) is 13.6. The van der Waals surface area contributed by atoms with Gasteiger partial charge in [0.05, 0.1) is 24.5 Å². The number of methoxy groups -OCH3 is 1. The summed E-state index contributed by atoms with van der Waals surface area (Å²) in [4.78, 5) is 30.0. The molecule has 1 N–H and O–H groups in total. The average molecular weight is 509 g/mol. The van der Waals surface area contributed by atoms with Crippen LogP contribution in [0.4, 0.5) is 11.4 Å². The zero-order chi connectivity index (χ0) is 26.6. The standard InChI is InChI=1S/C33H36N2O3/c1-4-5-7-12-31(37)35-29-19-22(2)13-18-27(29)34-28-20-25(23-10-8-6-9-11-23)21-30(36)32(28)33(35)24-14-16-26(38-3)17-15-24/h6,8-11,13-19,25,33-34H,4-5,7,12,20-21H2,1-3H3. The van der Waals surface area contributed by atoms with Crippen LogP contribution in [0.25, 0.3) is 0 Å². The number of hydrogen-bond donors (Lipinski definition) is 1. The molecule has 1 amide bonds. The van der Waals surface area contributed by atoms with E-state index in [-0.39, 0.29) is 17.6 Å². The molecule has 5 heteroatoms. The predicted molar refractivity (Wildman–Crippen MR) is 153 cm³/mol. The summed E-state index contributed by atoms with van der Waals surface area (Å²) >= 11 is 0. The maximum absolute atomic E-state index is 14.1. The second kappa shape index (κ2) is 11.3. The number of hydrogen-bond acceptors (Lipinski definition) is 4. The quantitative estimate of drug-likeness (QED) is 0.336. The summed E-state index contributed by atoms with van der Waals surface area (Å²) in [6.07, 6.45) is 4.44. The predicted octanol–water partition coefficient (Wildman–Crippen LogP) is 7.48. The van der Waals surface area contributed by atoms with Gasteiger partial charge in [0.2, 0.25) is 5.91 Å². The highest BCUT2D eigenvalue weighted by Crippen LogP contribution is 2.48. The Labute approximate surface area is 225 Å². The van der Waals surface area contributed by atoms with Gasteiger partial charge in [-0.1, -0.05) is 68.3 Å². The summed E-state index contributed by atoms with van der Waals surface area (Å²) in [7, 11) is 1.64. The van der Waals surface area contributed by atoms with E-state index in [1.165, 1.54) is 0 Å². The van der Waals surface area contributed by atoms with Gasteiger partial charge in [-0.15, -0.1) is 0 Å². The lowest BCUT2D eigenvalue weighted by atomic mass is 9.78. The highest BCUT2D eigenvalue weighted by atomic mass is 16.5. The van der Waals surface area contributed by atoms with E-state index in [1.54, 1.807) is 7.11 Å². The maximum Gasteiger partial charge on any atom is 0.227 e. The number of nitrogens with zero attached hydrogens (tertiary/aromatic N) is 1. The molecule has 1 heterocycles. The number of ketones is 1. The highest BCUT2D eigenvalue weighted by Gasteiger charge is 2.41. The number of rotatable bonds is 7. The van der Waals surface area contributed by atoms with Gasteiger partial charge in [0, 0.05) is 24.1 Å². The van der Waals surface area contributed by atoms with Crippen molar-refractivity contribution >= 4 is 23.1 Å². The van der Waals surface area contributed by atoms with Crippen LogP contribution < -0.4 is 15.0 Å². The molecule has 2 atom stereocenters. The van der Waals surface area contributed by atoms with Crippen molar-refractivity contribution in [1.82, 2.24) is 0 Å². The van der Waals surface area contributed by atoms with Gasteiger partial charge in [0.25, 0.3) is 0 Å². The molecule has 3 aromatic carbocycles. The number of benzene rings is 3. The summed E-state index contributed by atoms with van der Waals surface area (Å²) in [5, 5.41) is 3.63. The van der Waals surface area contributed by atoms with Gasteiger partial charge >= 0.3 is 0 Å². The fourth-order valence-corrected chi connectivity index (χ4v) is 5.73. The van der Waals surface area contributed by atoms with E-state index in [4.69, 9.17) is 4.74 Å². The normalized spacial score (nSPS) is 18.8. The van der Waals surface area contributed by atoms with E-state index in [9.17, 15) is 9.59 Å². The number of unbranched alkanes of at least 4 members (excludes halogenated alkanes) is 2. The van der Waals surface area contributed by atoms with Crippen molar-refractivity contribution in [2.24, 2.45) is 0 Å². The number of amides is 1. The molecule has 2 unspecified atom stereocenters. The topological polar surface area (TPSA) is 58.6 Å². The molecule has 1 aliphatic carbocycles. The molecule has 0 radical (unpaired) electrons. The van der Waals surface area contributed by atoms with Crippen LogP contribution in [0.15, 0.2) is 84.1 Å². The fraction of sp³-hybridized carbons (Fsp3) is 0.333. The van der Waals surface area contributed by atoms with Crippen LogP contribution in [0.2, 0.25) is 0 Å². The molecule has 0 spiro atoms. The molecule has 0 fully saturated rings. The lowest BCUT2D eigenvalue weighted by Crippen LogP contribution is -2.38. The molecule has 0 bridgehead atoms. The van der Waals surface area contributed by atoms with Crippen LogP contribution in [0.3, 0.4) is 0 Å². The summed E-state index contributed by atoms with van der Waals surface area (Å²) in [5.41, 5.74) is 6.43. The Hall–Kier alpha value is -3.86. The van der Waals surface area contributed by atoms with E-state index >= 15 is 0 Å². The zero-order valence-electron chi connectivity index (χ0n) is 22.5. The monoisotopic (exact) mass is 508 g/mol. The van der Waals surface area contributed by atoms with Gasteiger partial charge in [0.1, 0.15) is 5.75 Å². The first kappa shape index (κ1) is 25.8. The second-order valence-electron chi connectivity index (χ2n) is 10.4. The number of Topliss-reactive ketones (excluding diaryl/α,β-unsaturated/α-hetero) is 1. The Kier molecular flexibility index (Phi) is 7.64. The van der Waals surface area contributed by atoms with E-state index in [2.05, 4.69) is 36.5 Å². The SMILES string of the molecule is CCCCCC(=O)N1c2cc(C)ccc2NC2=C(C(=O)CC(c3ccccc3)C2)C1c1ccc(OC)cc1. The number of carbonyl (C=O) groups excluding carboxylic acids is 2. The van der Waals surface area contributed by atoms with Crippen LogP contribution in [0, 0.1) is 6.92 Å². The summed E-state index contributed by atoms with van der Waals surface area (Å²) in [5.74, 6) is 0.960. The Morgan fingerprint density at radius 2 is 1.74 bits per heavy atom. The molecule has 0 saturated carbocycles. The van der Waals surface area contributed by atoms with Crippen molar-refractivity contribution < 1.29 is 14.3 Å². The zero-order valence-corrected chi connectivity index (χ0v) is 22.5. The lowest BCUT2D eigenvalue weighted by molar-refractivity contribution is -0.119. The van der Waals surface area contributed by atoms with Crippen molar-refractivity contribution in [3.63, 3.8) is 0 Å². The van der Waals surface area contributed by atoms with Crippen molar-refractivity contribution in [2.75, 3.05) is 17.3 Å². The smallest absolute Gasteiger partial charge is 0.227 e. The molecule has 0 aromatic heterocycles. The third-order valence-electron chi connectivity index (χ3n) is 7.70. The van der Waals surface area contributed by atoms with Crippen molar-refractivity contribution in [2.45, 2.75) is 64.3 Å². The van der Waals surface area contributed by atoms with Crippen molar-refractivity contribution in [1.29, 1.82) is 0 Å². The van der Waals surface area contributed by atoms with Crippen LogP contribution in [0.1, 0.15) is 74.1 Å². The summed E-state index contributed by atoms with van der Waals surface area (Å²) in [6.45, 7) is 4.18. The minimum atomic E-state index is -0.509. The minimum absolute atomic E-state index is 0.0413. The lowest BCUT2D eigenvalue weighted by Gasteiger charge is -2.35. The molecule has 0 saturated heterocycles. The van der Waals surface area contributed by atoms with E-state index in [0.29, 0.717) is 24.8 Å². The average Bonchev–Trinajstić information content (AvgIpc) is 3.08. The Bertz CT molecular complexity index is 1340. The molecule has 5 nitrogen and oxygen atoms in total. The van der Waals surface area contributed by atoms with E-state index < -0.39 is 6.04 Å². The fourth-order valence-electron chi connectivity index (χ4n) is 5.73. The molecule has 3 aromatic rings. The Balaban J connectivity index is 1.68. The van der Waals surface area contributed by atoms with Gasteiger partial charge in [-0.25, -0.2) is 0 Å². The third kappa shape index (κ3) is 5.10. The molecular formula is C33H36N2O3. The molecule has 38 heavy (non-hydrogen) atoms. The number of carbonyl (C=O) groups is 2. The maximum atomic E-state index is 14.1. The first-order chi connectivity index (χ1) is 18.5. The molecule has 2 aliphatic rings. The first-order valence-electron chi connectivity index (χ1n) is 13.6. The minimum Gasteiger partial charge on any atom is -0.497 e. The molecule has 196 valence electrons. The summed E-state index contributed by atoms with van der Waals surface area (Å²) in [6, 6.07) is 23.7. The molecule has 5 rings (SSSR count). The summed E-state index contributed by atoms with van der Waals surface area (Å²) < 4.78 is 5.41. The molecule has 1 aliphatic heterocycles. The number of nitrogens with one attached hydrogen (secondary N) is 1. The Morgan fingerprint density at radius 3 is 2.45 bits per heavy atom. The number of aryl methyl sites for hydroxylation is 1. The van der Waals surface area contributed by atoms with Crippen molar-refractivity contribution in [3.8, 4) is 5.75 Å². The van der Waals surface area contributed by atoms with E-state index in [1.807, 2.05) is 60.4 Å². The number of ether oxygens (including phenoxy) is 1. The van der Waals surface area contributed by atoms with Gasteiger partial charge in [-0.05, 0) is 66.6 Å².